The first kappa shape index (κ1) is 18.6. The molecular formula is C16H15ClLiN3Si. The van der Waals surface area contributed by atoms with Gasteiger partial charge in [-0.2, -0.15) is 0 Å². The maximum Gasteiger partial charge on any atom is 1.00 e. The fraction of sp³-hybridized carbons (Fsp3) is 0.0625. The summed E-state index contributed by atoms with van der Waals surface area (Å²) in [5.74, 6) is 0. The summed E-state index contributed by atoms with van der Waals surface area (Å²) in [6.07, 6.45) is 5.52. The molecule has 3 rings (SSSR count). The summed E-state index contributed by atoms with van der Waals surface area (Å²) < 4.78 is 0. The Kier molecular flexibility index (Phi) is 6.98. The van der Waals surface area contributed by atoms with Crippen LogP contribution in [0.4, 0.5) is 0 Å². The Morgan fingerprint density at radius 3 is 1.18 bits per heavy atom. The summed E-state index contributed by atoms with van der Waals surface area (Å²) in [5.41, 5.74) is 0. The van der Waals surface area contributed by atoms with Gasteiger partial charge < -0.3 is 12.4 Å². The molecule has 0 atom stereocenters. The van der Waals surface area contributed by atoms with Gasteiger partial charge in [-0.1, -0.05) is 24.7 Å². The minimum atomic E-state index is -2.21. The van der Waals surface area contributed by atoms with Crippen LogP contribution in [0.3, 0.4) is 0 Å². The average molecular weight is 320 g/mol. The first-order valence-corrected chi connectivity index (χ1v) is 9.06. The van der Waals surface area contributed by atoms with E-state index in [1.807, 2.05) is 55.0 Å². The number of aromatic nitrogens is 3. The molecule has 6 heteroatoms. The third-order valence-electron chi connectivity index (χ3n) is 3.53. The molecule has 3 aromatic heterocycles. The van der Waals surface area contributed by atoms with Crippen LogP contribution < -0.4 is 47.2 Å². The number of rotatable bonds is 3. The van der Waals surface area contributed by atoms with Gasteiger partial charge in [0.2, 0.25) is 8.07 Å². The predicted octanol–water partition coefficient (Wildman–Crippen LogP) is -5.02. The van der Waals surface area contributed by atoms with Crippen LogP contribution in [0.5, 0.6) is 0 Å². The van der Waals surface area contributed by atoms with Crippen molar-refractivity contribution in [3.05, 3.63) is 73.2 Å². The van der Waals surface area contributed by atoms with Gasteiger partial charge in [-0.15, -0.1) is 0 Å². The molecule has 0 unspecified atom stereocenters. The summed E-state index contributed by atoms with van der Waals surface area (Å²) in [6, 6.07) is 18.1. The molecule has 3 aromatic rings. The van der Waals surface area contributed by atoms with E-state index in [2.05, 4.69) is 39.7 Å². The second-order valence-electron chi connectivity index (χ2n) is 4.77. The van der Waals surface area contributed by atoms with Crippen molar-refractivity contribution in [2.24, 2.45) is 0 Å². The van der Waals surface area contributed by atoms with Gasteiger partial charge in [0.15, 0.2) is 0 Å². The third kappa shape index (κ3) is 3.48. The van der Waals surface area contributed by atoms with Crippen molar-refractivity contribution in [2.75, 3.05) is 0 Å². The van der Waals surface area contributed by atoms with Crippen LogP contribution in [0, 0.1) is 0 Å². The fourth-order valence-corrected chi connectivity index (χ4v) is 5.44. The van der Waals surface area contributed by atoms with E-state index in [0.29, 0.717) is 0 Å². The monoisotopic (exact) mass is 319 g/mol. The molecule has 0 amide bonds. The number of hydrogen-bond acceptors (Lipinski definition) is 3. The van der Waals surface area contributed by atoms with Gasteiger partial charge in [0.1, 0.15) is 0 Å². The zero-order chi connectivity index (χ0) is 13.8. The quantitative estimate of drug-likeness (QED) is 0.454. The molecule has 0 bridgehead atoms. The van der Waals surface area contributed by atoms with E-state index < -0.39 is 8.07 Å². The Bertz CT molecular complexity index is 587. The third-order valence-corrected chi connectivity index (χ3v) is 7.49. The molecule has 0 N–H and O–H groups in total. The van der Waals surface area contributed by atoms with E-state index >= 15 is 0 Å². The summed E-state index contributed by atoms with van der Waals surface area (Å²) >= 11 is 0. The van der Waals surface area contributed by atoms with Gasteiger partial charge in [-0.25, -0.2) is 0 Å². The summed E-state index contributed by atoms with van der Waals surface area (Å²) in [7, 11) is -2.21. The average Bonchev–Trinajstić information content (AvgIpc) is 2.56. The number of hydrogen-bond donors (Lipinski definition) is 0. The SMILES string of the molecule is C[Si](c1ccccn1)(c1ccccn1)c1ccccn1.[Cl-].[Li+]. The van der Waals surface area contributed by atoms with Gasteiger partial charge in [0.25, 0.3) is 0 Å². The van der Waals surface area contributed by atoms with Crippen LogP contribution in [0.15, 0.2) is 73.2 Å². The van der Waals surface area contributed by atoms with E-state index in [4.69, 9.17) is 0 Å². The Morgan fingerprint density at radius 2 is 0.955 bits per heavy atom. The molecular weight excluding hydrogens is 305 g/mol. The second kappa shape index (κ2) is 8.26. The molecule has 3 nitrogen and oxygen atoms in total. The Labute approximate surface area is 149 Å². The number of nitrogens with zero attached hydrogens (tertiary/aromatic N) is 3. The Balaban J connectivity index is 0.00000121. The molecule has 22 heavy (non-hydrogen) atoms. The molecule has 0 saturated heterocycles. The summed E-state index contributed by atoms with van der Waals surface area (Å²) in [4.78, 5) is 13.8. The molecule has 3 heterocycles. The molecule has 0 aliphatic heterocycles. The second-order valence-corrected chi connectivity index (χ2v) is 8.56. The van der Waals surface area contributed by atoms with Crippen molar-refractivity contribution < 1.29 is 31.3 Å². The molecule has 106 valence electrons. The van der Waals surface area contributed by atoms with Crippen LogP contribution in [0.1, 0.15) is 0 Å². The van der Waals surface area contributed by atoms with Crippen molar-refractivity contribution in [3.63, 3.8) is 0 Å². The fourth-order valence-electron chi connectivity index (χ4n) is 2.37. The minimum Gasteiger partial charge on any atom is -1.00 e. The normalized spacial score (nSPS) is 10.2. The van der Waals surface area contributed by atoms with Crippen LogP contribution in [0.25, 0.3) is 0 Å². The predicted molar refractivity (Wildman–Crippen MR) is 83.2 cm³/mol. The standard InChI is InChI=1S/C16H15N3Si.ClH.Li/c1-20(14-8-2-5-11-17-14,15-9-3-6-12-18-15)16-10-4-7-13-19-16;;/h2-13H,1H3;1H;/q;;+1/p-1. The smallest absolute Gasteiger partial charge is 1.00 e. The molecule has 0 fully saturated rings. The Hall–Kier alpha value is -1.45. The number of halogens is 1. The first-order valence-electron chi connectivity index (χ1n) is 6.56. The zero-order valence-electron chi connectivity index (χ0n) is 12.6. The van der Waals surface area contributed by atoms with Crippen molar-refractivity contribution in [1.29, 1.82) is 0 Å². The van der Waals surface area contributed by atoms with Gasteiger partial charge in [-0.3, -0.25) is 15.0 Å². The van der Waals surface area contributed by atoms with Gasteiger partial charge >= 0.3 is 18.9 Å². The van der Waals surface area contributed by atoms with E-state index in [0.717, 1.165) is 16.0 Å². The topological polar surface area (TPSA) is 38.7 Å². The van der Waals surface area contributed by atoms with Crippen LogP contribution in [-0.4, -0.2) is 23.0 Å². The zero-order valence-corrected chi connectivity index (χ0v) is 14.4. The maximum absolute atomic E-state index is 4.59. The number of pyridine rings is 3. The molecule has 0 aromatic carbocycles. The molecule has 0 spiro atoms. The summed E-state index contributed by atoms with van der Waals surface area (Å²) in [5, 5.41) is 3.24. The molecule has 0 radical (unpaired) electrons. The van der Waals surface area contributed by atoms with E-state index in [9.17, 15) is 0 Å². The van der Waals surface area contributed by atoms with Crippen LogP contribution >= 0.6 is 0 Å². The van der Waals surface area contributed by atoms with Crippen LogP contribution in [-0.2, 0) is 0 Å². The van der Waals surface area contributed by atoms with Crippen molar-refractivity contribution >= 4 is 24.0 Å². The molecule has 0 saturated carbocycles. The van der Waals surface area contributed by atoms with Gasteiger partial charge in [0, 0.05) is 34.5 Å². The maximum atomic E-state index is 4.59. The molecule has 0 aliphatic rings. The van der Waals surface area contributed by atoms with Gasteiger partial charge in [0.05, 0.1) is 0 Å². The van der Waals surface area contributed by atoms with Crippen molar-refractivity contribution in [2.45, 2.75) is 6.55 Å². The Morgan fingerprint density at radius 1 is 0.636 bits per heavy atom. The largest absolute Gasteiger partial charge is 1.00 e. The van der Waals surface area contributed by atoms with Crippen LogP contribution in [0.2, 0.25) is 6.55 Å². The van der Waals surface area contributed by atoms with Crippen molar-refractivity contribution in [3.8, 4) is 0 Å². The van der Waals surface area contributed by atoms with E-state index in [-0.39, 0.29) is 31.3 Å². The van der Waals surface area contributed by atoms with E-state index in [1.165, 1.54) is 0 Å². The van der Waals surface area contributed by atoms with E-state index in [1.54, 1.807) is 0 Å². The van der Waals surface area contributed by atoms with Gasteiger partial charge in [-0.05, 0) is 36.4 Å². The first-order chi connectivity index (χ1) is 9.82. The summed E-state index contributed by atoms with van der Waals surface area (Å²) in [6.45, 7) is 2.25. The molecule has 0 aliphatic carbocycles. The van der Waals surface area contributed by atoms with Crippen molar-refractivity contribution in [1.82, 2.24) is 15.0 Å². The minimum absolute atomic E-state index is 0.